The van der Waals surface area contributed by atoms with Gasteiger partial charge in [-0.1, -0.05) is 0 Å². The van der Waals surface area contributed by atoms with Crippen LogP contribution in [0.3, 0.4) is 0 Å². The molecule has 0 aromatic carbocycles. The number of hydrogen-bond donors (Lipinski definition) is 0. The standard InChI is InChI=1S/C16H29O10P/c1-14(17)24-12-10-22-8-6-20-4-5-21-7-9-23-11-13-25-15(18)2-3-16(19)26-27/h2-13,27H2,1H3. The number of esters is 2. The third-order valence-corrected chi connectivity index (χ3v) is 3.07. The second kappa shape index (κ2) is 19.4. The number of carbonyl (C=O) groups excluding carboxylic acids is 3. The molecule has 0 spiro atoms. The molecule has 0 rings (SSSR count). The van der Waals surface area contributed by atoms with Crippen LogP contribution in [-0.2, 0) is 47.3 Å². The van der Waals surface area contributed by atoms with Crippen molar-refractivity contribution in [3.05, 3.63) is 0 Å². The monoisotopic (exact) mass is 412 g/mol. The van der Waals surface area contributed by atoms with Crippen molar-refractivity contribution in [2.75, 3.05) is 66.1 Å². The molecule has 0 aromatic rings. The summed E-state index contributed by atoms with van der Waals surface area (Å²) in [5, 5.41) is 0. The van der Waals surface area contributed by atoms with E-state index in [0.29, 0.717) is 46.2 Å². The van der Waals surface area contributed by atoms with Crippen LogP contribution >= 0.6 is 9.47 Å². The van der Waals surface area contributed by atoms with E-state index in [0.717, 1.165) is 0 Å². The Morgan fingerprint density at radius 2 is 0.963 bits per heavy atom. The SMILES string of the molecule is CC(=O)OCCOCCOCCOCCOCCOC(=O)CCC(=O)OP. The first kappa shape index (κ1) is 25.7. The van der Waals surface area contributed by atoms with Crippen LogP contribution in [-0.4, -0.2) is 84.0 Å². The minimum absolute atomic E-state index is 0.0144. The summed E-state index contributed by atoms with van der Waals surface area (Å²) in [5.74, 6) is -1.29. The van der Waals surface area contributed by atoms with Gasteiger partial charge < -0.3 is 32.9 Å². The molecule has 1 unspecified atom stereocenters. The number of carbonyl (C=O) groups is 3. The van der Waals surface area contributed by atoms with Gasteiger partial charge in [-0.3, -0.25) is 14.4 Å². The molecular weight excluding hydrogens is 383 g/mol. The van der Waals surface area contributed by atoms with Gasteiger partial charge in [0.2, 0.25) is 0 Å². The Kier molecular flexibility index (Phi) is 18.5. The van der Waals surface area contributed by atoms with Gasteiger partial charge in [0, 0.05) is 6.92 Å². The maximum absolute atomic E-state index is 11.3. The van der Waals surface area contributed by atoms with Gasteiger partial charge >= 0.3 is 17.9 Å². The lowest BCUT2D eigenvalue weighted by molar-refractivity contribution is -0.148. The molecule has 0 aliphatic carbocycles. The Hall–Kier alpha value is -1.32. The molecule has 0 aromatic heterocycles. The average Bonchev–Trinajstić information content (AvgIpc) is 2.65. The summed E-state index contributed by atoms with van der Waals surface area (Å²) in [6, 6.07) is 0. The Balaban J connectivity index is 3.15. The van der Waals surface area contributed by atoms with E-state index in [1.807, 2.05) is 9.47 Å². The van der Waals surface area contributed by atoms with Crippen molar-refractivity contribution in [2.45, 2.75) is 19.8 Å². The number of ether oxygens (including phenoxy) is 6. The first-order chi connectivity index (χ1) is 13.1. The molecule has 10 nitrogen and oxygen atoms in total. The summed E-state index contributed by atoms with van der Waals surface area (Å²) >= 11 is 0. The minimum atomic E-state index is -0.485. The number of hydrogen-bond acceptors (Lipinski definition) is 10. The molecule has 1 atom stereocenters. The van der Waals surface area contributed by atoms with E-state index < -0.39 is 11.9 Å². The lowest BCUT2D eigenvalue weighted by Crippen LogP contribution is -2.15. The van der Waals surface area contributed by atoms with Gasteiger partial charge in [-0.25, -0.2) is 0 Å². The smallest absolute Gasteiger partial charge is 0.308 e. The first-order valence-electron chi connectivity index (χ1n) is 8.55. The lowest BCUT2D eigenvalue weighted by Gasteiger charge is -2.08. The highest BCUT2D eigenvalue weighted by atomic mass is 31.0. The van der Waals surface area contributed by atoms with Gasteiger partial charge in [0.1, 0.15) is 13.2 Å². The molecule has 0 N–H and O–H groups in total. The molecule has 0 bridgehead atoms. The van der Waals surface area contributed by atoms with Gasteiger partial charge in [0.15, 0.2) is 0 Å². The van der Waals surface area contributed by atoms with Crippen molar-refractivity contribution in [2.24, 2.45) is 0 Å². The van der Waals surface area contributed by atoms with Crippen LogP contribution in [0.2, 0.25) is 0 Å². The van der Waals surface area contributed by atoms with Crippen LogP contribution in [0.5, 0.6) is 0 Å². The fraction of sp³-hybridized carbons (Fsp3) is 0.812. The van der Waals surface area contributed by atoms with Gasteiger partial charge in [0.25, 0.3) is 0 Å². The topological polar surface area (TPSA) is 116 Å². The Morgan fingerprint density at radius 1 is 0.593 bits per heavy atom. The summed E-state index contributed by atoms with van der Waals surface area (Å²) in [4.78, 5) is 32.6. The van der Waals surface area contributed by atoms with E-state index in [2.05, 4.69) is 4.52 Å². The molecule has 27 heavy (non-hydrogen) atoms. The molecule has 0 heterocycles. The molecule has 0 saturated carbocycles. The predicted molar refractivity (Wildman–Crippen MR) is 95.9 cm³/mol. The number of rotatable bonds is 18. The summed E-state index contributed by atoms with van der Waals surface area (Å²) in [7, 11) is 1.83. The van der Waals surface area contributed by atoms with Crippen LogP contribution < -0.4 is 0 Å². The lowest BCUT2D eigenvalue weighted by atomic mass is 10.3. The van der Waals surface area contributed by atoms with E-state index in [4.69, 9.17) is 28.4 Å². The maximum atomic E-state index is 11.3. The van der Waals surface area contributed by atoms with Crippen molar-refractivity contribution >= 4 is 27.4 Å². The minimum Gasteiger partial charge on any atom is -0.463 e. The Morgan fingerprint density at radius 3 is 1.37 bits per heavy atom. The second-order valence-electron chi connectivity index (χ2n) is 5.00. The zero-order chi connectivity index (χ0) is 20.2. The zero-order valence-corrected chi connectivity index (χ0v) is 16.8. The third-order valence-electron chi connectivity index (χ3n) is 2.80. The quantitative estimate of drug-likeness (QED) is 0.176. The van der Waals surface area contributed by atoms with Gasteiger partial charge in [-0.05, 0) is 0 Å². The molecule has 0 aliphatic heterocycles. The van der Waals surface area contributed by atoms with Crippen LogP contribution in [0, 0.1) is 0 Å². The van der Waals surface area contributed by atoms with Crippen LogP contribution in [0.4, 0.5) is 0 Å². The molecule has 0 amide bonds. The van der Waals surface area contributed by atoms with Crippen molar-refractivity contribution in [3.8, 4) is 0 Å². The Bertz CT molecular complexity index is 405. The zero-order valence-electron chi connectivity index (χ0n) is 15.6. The van der Waals surface area contributed by atoms with E-state index in [1.165, 1.54) is 6.92 Å². The molecule has 0 radical (unpaired) electrons. The fourth-order valence-electron chi connectivity index (χ4n) is 1.56. The first-order valence-corrected chi connectivity index (χ1v) is 9.03. The van der Waals surface area contributed by atoms with Crippen molar-refractivity contribution in [1.29, 1.82) is 0 Å². The molecular formula is C16H29O10P. The fourth-order valence-corrected chi connectivity index (χ4v) is 1.67. The highest BCUT2D eigenvalue weighted by Gasteiger charge is 2.07. The molecule has 11 heteroatoms. The van der Waals surface area contributed by atoms with Crippen LogP contribution in [0.15, 0.2) is 0 Å². The summed E-state index contributed by atoms with van der Waals surface area (Å²) in [6.07, 6.45) is -0.0346. The molecule has 158 valence electrons. The molecule has 0 saturated heterocycles. The molecule has 0 fully saturated rings. The van der Waals surface area contributed by atoms with E-state index in [9.17, 15) is 14.4 Å². The van der Waals surface area contributed by atoms with E-state index in [1.54, 1.807) is 0 Å². The highest BCUT2D eigenvalue weighted by molar-refractivity contribution is 7.10. The van der Waals surface area contributed by atoms with Crippen LogP contribution in [0.25, 0.3) is 0 Å². The van der Waals surface area contributed by atoms with Gasteiger partial charge in [0.05, 0.1) is 75.2 Å². The summed E-state index contributed by atoms with van der Waals surface area (Å²) in [5.41, 5.74) is 0. The van der Waals surface area contributed by atoms with Crippen molar-refractivity contribution in [3.63, 3.8) is 0 Å². The summed E-state index contributed by atoms with van der Waals surface area (Å²) in [6.45, 7) is 4.79. The highest BCUT2D eigenvalue weighted by Crippen LogP contribution is 1.98. The molecule has 0 aliphatic rings. The van der Waals surface area contributed by atoms with Crippen molar-refractivity contribution in [1.82, 2.24) is 0 Å². The van der Waals surface area contributed by atoms with E-state index in [-0.39, 0.29) is 38.6 Å². The third kappa shape index (κ3) is 20.8. The average molecular weight is 412 g/mol. The van der Waals surface area contributed by atoms with Gasteiger partial charge in [-0.2, -0.15) is 0 Å². The summed E-state index contributed by atoms with van der Waals surface area (Å²) < 4.78 is 34.9. The maximum Gasteiger partial charge on any atom is 0.308 e. The second-order valence-corrected chi connectivity index (χ2v) is 5.24. The predicted octanol–water partition coefficient (Wildman–Crippen LogP) is 0.273. The van der Waals surface area contributed by atoms with E-state index >= 15 is 0 Å². The van der Waals surface area contributed by atoms with Crippen molar-refractivity contribution < 1.29 is 47.3 Å². The largest absolute Gasteiger partial charge is 0.463 e. The Labute approximate surface area is 161 Å². The van der Waals surface area contributed by atoms with Crippen LogP contribution in [0.1, 0.15) is 19.8 Å². The van der Waals surface area contributed by atoms with Gasteiger partial charge in [-0.15, -0.1) is 0 Å². The normalized spacial score (nSPS) is 10.4.